The summed E-state index contributed by atoms with van der Waals surface area (Å²) in [4.78, 5) is 30.1. The molecule has 0 saturated heterocycles. The summed E-state index contributed by atoms with van der Waals surface area (Å²) in [6.07, 6.45) is 1.66. The predicted molar refractivity (Wildman–Crippen MR) is 124 cm³/mol. The molecule has 2 aromatic carbocycles. The van der Waals surface area contributed by atoms with Crippen LogP contribution in [-0.2, 0) is 11.3 Å². The van der Waals surface area contributed by atoms with E-state index in [9.17, 15) is 9.59 Å². The number of pyridine rings is 1. The lowest BCUT2D eigenvalue weighted by Gasteiger charge is -2.14. The van der Waals surface area contributed by atoms with Crippen LogP contribution < -0.4 is 10.6 Å². The number of benzene rings is 2. The average molecular weight is 428 g/mol. The molecule has 0 unspecified atom stereocenters. The van der Waals surface area contributed by atoms with Crippen molar-refractivity contribution in [2.24, 2.45) is 0 Å². The van der Waals surface area contributed by atoms with Crippen LogP contribution in [0, 0.1) is 0 Å². The highest BCUT2D eigenvalue weighted by molar-refractivity contribution is 6.07. The second-order valence-electron chi connectivity index (χ2n) is 7.54. The minimum atomic E-state index is -0.662. The Labute approximate surface area is 186 Å². The Morgan fingerprint density at radius 1 is 1.03 bits per heavy atom. The van der Waals surface area contributed by atoms with Crippen LogP contribution in [0.15, 0.2) is 72.9 Å². The summed E-state index contributed by atoms with van der Waals surface area (Å²) in [5, 5.41) is 10.7. The Kier molecular flexibility index (Phi) is 6.26. The number of nitrogens with one attached hydrogen (secondary N) is 2. The van der Waals surface area contributed by atoms with E-state index in [-0.39, 0.29) is 11.8 Å². The van der Waals surface area contributed by atoms with Gasteiger partial charge >= 0.3 is 0 Å². The third kappa shape index (κ3) is 4.51. The average Bonchev–Trinajstić information content (AvgIpc) is 3.22. The highest BCUT2D eigenvalue weighted by Gasteiger charge is 2.21. The Morgan fingerprint density at radius 2 is 1.72 bits per heavy atom. The monoisotopic (exact) mass is 427 g/mol. The molecule has 7 heteroatoms. The number of hydrogen-bond acceptors (Lipinski definition) is 4. The first-order chi connectivity index (χ1) is 15.6. The summed E-state index contributed by atoms with van der Waals surface area (Å²) in [7, 11) is 0. The number of likely N-dealkylation sites (N-methyl/N-ethyl adjacent to an activating group) is 1. The highest BCUT2D eigenvalue weighted by Crippen LogP contribution is 2.25. The van der Waals surface area contributed by atoms with Crippen LogP contribution in [0.25, 0.3) is 22.3 Å². The van der Waals surface area contributed by atoms with Gasteiger partial charge in [0.05, 0.1) is 29.4 Å². The maximum Gasteiger partial charge on any atom is 0.252 e. The minimum absolute atomic E-state index is 0.228. The second-order valence-corrected chi connectivity index (χ2v) is 7.54. The third-order valence-corrected chi connectivity index (χ3v) is 5.19. The Balaban J connectivity index is 1.77. The first-order valence-electron chi connectivity index (χ1n) is 10.6. The lowest BCUT2D eigenvalue weighted by molar-refractivity contribution is -0.122. The molecule has 4 aromatic rings. The van der Waals surface area contributed by atoms with E-state index >= 15 is 0 Å². The van der Waals surface area contributed by atoms with Gasteiger partial charge in [0.2, 0.25) is 5.91 Å². The van der Waals surface area contributed by atoms with Crippen molar-refractivity contribution in [1.29, 1.82) is 0 Å². The zero-order valence-corrected chi connectivity index (χ0v) is 18.1. The van der Waals surface area contributed by atoms with Crippen LogP contribution in [-0.4, -0.2) is 39.2 Å². The first kappa shape index (κ1) is 21.2. The molecule has 1 atom stereocenters. The van der Waals surface area contributed by atoms with Gasteiger partial charge in [-0.25, -0.2) is 9.67 Å². The molecule has 2 aromatic heterocycles. The van der Waals surface area contributed by atoms with Gasteiger partial charge < -0.3 is 10.6 Å². The fraction of sp³-hybridized carbons (Fsp3) is 0.200. The maximum absolute atomic E-state index is 13.2. The van der Waals surface area contributed by atoms with Crippen molar-refractivity contribution in [3.8, 4) is 11.3 Å². The molecule has 0 radical (unpaired) electrons. The zero-order chi connectivity index (χ0) is 22.5. The van der Waals surface area contributed by atoms with Crippen LogP contribution in [0.5, 0.6) is 0 Å². The topological polar surface area (TPSA) is 88.9 Å². The molecule has 0 fully saturated rings. The Morgan fingerprint density at radius 3 is 2.41 bits per heavy atom. The number of carbonyl (C=O) groups is 2. The van der Waals surface area contributed by atoms with Crippen molar-refractivity contribution >= 4 is 22.8 Å². The smallest absolute Gasteiger partial charge is 0.252 e. The Hall–Kier alpha value is -4.00. The molecule has 4 rings (SSSR count). The fourth-order valence-corrected chi connectivity index (χ4v) is 3.53. The number of carbonyl (C=O) groups excluding carboxylic acids is 2. The normalized spacial score (nSPS) is 11.8. The quantitative estimate of drug-likeness (QED) is 0.473. The number of hydrogen-bond donors (Lipinski definition) is 2. The molecule has 0 aliphatic carbocycles. The van der Waals surface area contributed by atoms with Gasteiger partial charge in [0, 0.05) is 12.1 Å². The van der Waals surface area contributed by atoms with Gasteiger partial charge in [-0.2, -0.15) is 5.10 Å². The van der Waals surface area contributed by atoms with E-state index in [1.165, 1.54) is 0 Å². The molecule has 32 heavy (non-hydrogen) atoms. The molecule has 7 nitrogen and oxygen atoms in total. The number of rotatable bonds is 7. The standard InChI is InChI=1S/C25H25N5O2/c1-3-26-24(31)17(2)28-25(32)20-14-22(19-12-8-5-9-13-19)29-23-21(20)15-27-30(23)16-18-10-6-4-7-11-18/h4-15,17H,3,16H2,1-2H3,(H,26,31)(H,28,32)/t17-/m1/s1. The van der Waals surface area contributed by atoms with Crippen molar-refractivity contribution in [2.75, 3.05) is 6.54 Å². The van der Waals surface area contributed by atoms with Crippen LogP contribution >= 0.6 is 0 Å². The predicted octanol–water partition coefficient (Wildman–Crippen LogP) is 3.40. The van der Waals surface area contributed by atoms with Crippen molar-refractivity contribution in [3.63, 3.8) is 0 Å². The number of nitrogens with zero attached hydrogens (tertiary/aromatic N) is 3. The van der Waals surface area contributed by atoms with Gasteiger partial charge in [0.25, 0.3) is 5.91 Å². The lowest BCUT2D eigenvalue weighted by atomic mass is 10.1. The summed E-state index contributed by atoms with van der Waals surface area (Å²) >= 11 is 0. The van der Waals surface area contributed by atoms with Crippen molar-refractivity contribution in [3.05, 3.63) is 84.1 Å². The van der Waals surface area contributed by atoms with Crippen molar-refractivity contribution in [2.45, 2.75) is 26.4 Å². The van der Waals surface area contributed by atoms with Crippen LogP contribution in [0.2, 0.25) is 0 Å². The van der Waals surface area contributed by atoms with E-state index in [4.69, 9.17) is 4.98 Å². The first-order valence-corrected chi connectivity index (χ1v) is 10.6. The molecule has 2 N–H and O–H groups in total. The summed E-state index contributed by atoms with van der Waals surface area (Å²) in [6, 6.07) is 20.8. The molecule has 2 amide bonds. The maximum atomic E-state index is 13.2. The lowest BCUT2D eigenvalue weighted by Crippen LogP contribution is -2.44. The molecule has 0 spiro atoms. The number of aromatic nitrogens is 3. The van der Waals surface area contributed by atoms with Crippen LogP contribution in [0.1, 0.15) is 29.8 Å². The van der Waals surface area contributed by atoms with Gasteiger partial charge in [0.15, 0.2) is 5.65 Å². The molecule has 0 bridgehead atoms. The summed E-state index contributed by atoms with van der Waals surface area (Å²) in [5.74, 6) is -0.568. The molecule has 162 valence electrons. The Bertz CT molecular complexity index is 1240. The van der Waals surface area contributed by atoms with Gasteiger partial charge in [0.1, 0.15) is 6.04 Å². The molecule has 2 heterocycles. The van der Waals surface area contributed by atoms with E-state index in [0.29, 0.717) is 35.4 Å². The van der Waals surface area contributed by atoms with Crippen LogP contribution in [0.4, 0.5) is 0 Å². The van der Waals surface area contributed by atoms with Crippen molar-refractivity contribution < 1.29 is 9.59 Å². The number of fused-ring (bicyclic) bond motifs is 1. The minimum Gasteiger partial charge on any atom is -0.355 e. The molecule has 0 aliphatic rings. The van der Waals surface area contributed by atoms with Gasteiger partial charge in [-0.3, -0.25) is 9.59 Å². The second kappa shape index (κ2) is 9.43. The van der Waals surface area contributed by atoms with E-state index in [1.54, 1.807) is 23.9 Å². The summed E-state index contributed by atoms with van der Waals surface area (Å²) < 4.78 is 1.79. The molecular formula is C25H25N5O2. The van der Waals surface area contributed by atoms with E-state index in [2.05, 4.69) is 15.7 Å². The van der Waals surface area contributed by atoms with E-state index in [1.807, 2.05) is 67.6 Å². The summed E-state index contributed by atoms with van der Waals surface area (Å²) in [5.41, 5.74) is 3.70. The largest absolute Gasteiger partial charge is 0.355 e. The van der Waals surface area contributed by atoms with Gasteiger partial charge in [-0.15, -0.1) is 0 Å². The number of amides is 2. The van der Waals surface area contributed by atoms with E-state index < -0.39 is 6.04 Å². The van der Waals surface area contributed by atoms with E-state index in [0.717, 1.165) is 11.1 Å². The molecular weight excluding hydrogens is 402 g/mol. The van der Waals surface area contributed by atoms with Gasteiger partial charge in [-0.1, -0.05) is 60.7 Å². The van der Waals surface area contributed by atoms with Crippen LogP contribution in [0.3, 0.4) is 0 Å². The molecule has 0 aliphatic heterocycles. The zero-order valence-electron chi connectivity index (χ0n) is 18.1. The highest BCUT2D eigenvalue weighted by atomic mass is 16.2. The third-order valence-electron chi connectivity index (χ3n) is 5.19. The van der Waals surface area contributed by atoms with Gasteiger partial charge in [-0.05, 0) is 25.5 Å². The SMILES string of the molecule is CCNC(=O)[C@@H](C)NC(=O)c1cc(-c2ccccc2)nc2c1cnn2Cc1ccccc1. The summed E-state index contributed by atoms with van der Waals surface area (Å²) in [6.45, 7) is 4.54. The van der Waals surface area contributed by atoms with Crippen molar-refractivity contribution in [1.82, 2.24) is 25.4 Å². The molecule has 0 saturated carbocycles. The fourth-order valence-electron chi connectivity index (χ4n) is 3.53.